The van der Waals surface area contributed by atoms with Crippen molar-refractivity contribution < 1.29 is 4.74 Å². The molecular weight excluding hydrogens is 578 g/mol. The summed E-state index contributed by atoms with van der Waals surface area (Å²) in [6, 6.07) is 25.6. The van der Waals surface area contributed by atoms with Crippen LogP contribution in [0.15, 0.2) is 96.3 Å². The number of aryl methyl sites for hydroxylation is 2. The maximum absolute atomic E-state index is 6.97. The summed E-state index contributed by atoms with van der Waals surface area (Å²) < 4.78 is 9.26. The highest BCUT2D eigenvalue weighted by atomic mass is 16.5. The molecular formula is C41H39N5O. The van der Waals surface area contributed by atoms with E-state index in [0.29, 0.717) is 5.90 Å². The first-order valence-electron chi connectivity index (χ1n) is 16.4. The van der Waals surface area contributed by atoms with Crippen LogP contribution in [0, 0.1) is 13.8 Å². The molecule has 0 fully saturated rings. The number of hydrogen-bond acceptors (Lipinski definition) is 5. The Morgan fingerprint density at radius 3 is 2.47 bits per heavy atom. The molecule has 0 radical (unpaired) electrons. The maximum Gasteiger partial charge on any atom is 0.219 e. The molecule has 6 aromatic rings. The van der Waals surface area contributed by atoms with Gasteiger partial charge in [-0.25, -0.2) is 4.99 Å². The number of ether oxygens (including phenoxy) is 1. The highest BCUT2D eigenvalue weighted by Gasteiger charge is 2.54. The first kappa shape index (κ1) is 29.3. The first-order chi connectivity index (χ1) is 22.5. The van der Waals surface area contributed by atoms with Crippen LogP contribution in [0.2, 0.25) is 0 Å². The van der Waals surface area contributed by atoms with Gasteiger partial charge in [-0.2, -0.15) is 0 Å². The van der Waals surface area contributed by atoms with Crippen LogP contribution in [0.25, 0.3) is 45.0 Å². The fraction of sp³-hybridized carbons (Fsp3) is 0.268. The van der Waals surface area contributed by atoms with Crippen molar-refractivity contribution in [2.45, 2.75) is 71.4 Å². The van der Waals surface area contributed by atoms with Crippen LogP contribution in [-0.2, 0) is 15.8 Å². The number of aromatic nitrogens is 4. The summed E-state index contributed by atoms with van der Waals surface area (Å²) >= 11 is 0. The third kappa shape index (κ3) is 4.45. The van der Waals surface area contributed by atoms with Crippen LogP contribution < -0.4 is 0 Å². The topological polar surface area (TPSA) is 65.2 Å². The summed E-state index contributed by atoms with van der Waals surface area (Å²) in [6.07, 6.45) is 9.03. The van der Waals surface area contributed by atoms with Crippen LogP contribution in [0.1, 0.15) is 74.7 Å². The quantitative estimate of drug-likeness (QED) is 0.198. The summed E-state index contributed by atoms with van der Waals surface area (Å²) in [7, 11) is 0. The van der Waals surface area contributed by atoms with Crippen LogP contribution in [0.5, 0.6) is 0 Å². The number of rotatable bonds is 3. The fourth-order valence-corrected chi connectivity index (χ4v) is 7.29. The van der Waals surface area contributed by atoms with Crippen LogP contribution >= 0.6 is 0 Å². The second kappa shape index (κ2) is 10.2. The minimum atomic E-state index is -0.625. The Labute approximate surface area is 275 Å². The average molecular weight is 618 g/mol. The van der Waals surface area contributed by atoms with E-state index in [9.17, 15) is 0 Å². The van der Waals surface area contributed by atoms with E-state index in [0.717, 1.165) is 67.8 Å². The van der Waals surface area contributed by atoms with Crippen molar-refractivity contribution in [3.8, 4) is 16.9 Å². The molecule has 1 aliphatic heterocycles. The molecule has 2 atom stereocenters. The predicted octanol–water partition coefficient (Wildman–Crippen LogP) is 9.42. The van der Waals surface area contributed by atoms with Gasteiger partial charge in [-0.3, -0.25) is 15.0 Å². The monoisotopic (exact) mass is 617 g/mol. The molecule has 4 aromatic heterocycles. The number of pyridine rings is 3. The van der Waals surface area contributed by atoms with Gasteiger partial charge in [0.25, 0.3) is 0 Å². The summed E-state index contributed by atoms with van der Waals surface area (Å²) in [5.41, 5.74) is 11.1. The Bertz CT molecular complexity index is 2310. The molecule has 47 heavy (non-hydrogen) atoms. The molecule has 2 aromatic carbocycles. The SMILES string of the molecule is Cc1nc(C)c(-n2c3ccccc3c3ncc(-c4cc(C(C)(C)C)ccn4)cc32)cc1C1=N[C@]2(C)CC=Cc3ccccc3[C@]2(C)O1. The van der Waals surface area contributed by atoms with Crippen molar-refractivity contribution in [2.24, 2.45) is 4.99 Å². The Morgan fingerprint density at radius 2 is 1.64 bits per heavy atom. The van der Waals surface area contributed by atoms with Crippen molar-refractivity contribution in [3.63, 3.8) is 0 Å². The van der Waals surface area contributed by atoms with E-state index in [2.05, 4.69) is 131 Å². The Hall–Kier alpha value is -5.10. The zero-order chi connectivity index (χ0) is 32.7. The third-order valence-corrected chi connectivity index (χ3v) is 10.2. The molecule has 0 unspecified atom stereocenters. The lowest BCUT2D eigenvalue weighted by atomic mass is 9.76. The number of hydrogen-bond donors (Lipinski definition) is 0. The standard InChI is InChI=1S/C41H39N5O/c1-25-31(38-45-40(6)19-12-14-27-13-8-10-16-32(27)41(40,7)47-38)23-35(26(2)44-25)46-34-17-11-9-15-30(34)37-36(46)21-28(24-43-37)33-22-29(18-20-42-33)39(3,4)5/h8-18,20-24H,19H2,1-7H3/t40-,41+/m1/s1. The number of fused-ring (bicyclic) bond motifs is 6. The molecule has 1 aliphatic carbocycles. The van der Waals surface area contributed by atoms with Crippen molar-refractivity contribution in [2.75, 3.05) is 0 Å². The molecule has 0 N–H and O–H groups in total. The van der Waals surface area contributed by atoms with Gasteiger partial charge in [0.1, 0.15) is 5.54 Å². The molecule has 6 heteroatoms. The number of para-hydroxylation sites is 1. The molecule has 6 nitrogen and oxygen atoms in total. The summed E-state index contributed by atoms with van der Waals surface area (Å²) in [5.74, 6) is 0.633. The minimum Gasteiger partial charge on any atom is -0.464 e. The number of benzene rings is 2. The van der Waals surface area contributed by atoms with Crippen LogP contribution in [0.4, 0.5) is 0 Å². The molecule has 0 amide bonds. The molecule has 0 spiro atoms. The van der Waals surface area contributed by atoms with Gasteiger partial charge in [0, 0.05) is 28.9 Å². The molecule has 5 heterocycles. The number of nitrogens with zero attached hydrogens (tertiary/aromatic N) is 5. The van der Waals surface area contributed by atoms with Crippen LogP contribution in [-0.4, -0.2) is 31.0 Å². The maximum atomic E-state index is 6.97. The van der Waals surface area contributed by atoms with Gasteiger partial charge in [0.15, 0.2) is 5.60 Å². The summed E-state index contributed by atoms with van der Waals surface area (Å²) in [5, 5.41) is 1.09. The van der Waals surface area contributed by atoms with Crippen molar-refractivity contribution in [1.82, 2.24) is 19.5 Å². The lowest BCUT2D eigenvalue weighted by molar-refractivity contribution is 0.0322. The van der Waals surface area contributed by atoms with E-state index in [1.54, 1.807) is 0 Å². The van der Waals surface area contributed by atoms with E-state index in [1.807, 2.05) is 19.3 Å². The van der Waals surface area contributed by atoms with E-state index < -0.39 is 11.1 Å². The minimum absolute atomic E-state index is 0.0133. The van der Waals surface area contributed by atoms with E-state index >= 15 is 0 Å². The highest BCUT2D eigenvalue weighted by Crippen LogP contribution is 2.50. The van der Waals surface area contributed by atoms with E-state index in [4.69, 9.17) is 24.7 Å². The van der Waals surface area contributed by atoms with Gasteiger partial charge in [-0.1, -0.05) is 75.4 Å². The molecule has 234 valence electrons. The Kier molecular flexibility index (Phi) is 6.36. The average Bonchev–Trinajstić information content (AvgIpc) is 3.48. The predicted molar refractivity (Wildman–Crippen MR) is 191 cm³/mol. The van der Waals surface area contributed by atoms with Crippen LogP contribution in [0.3, 0.4) is 0 Å². The zero-order valence-corrected chi connectivity index (χ0v) is 28.1. The fourth-order valence-electron chi connectivity index (χ4n) is 7.29. The molecule has 0 bridgehead atoms. The normalized spacial score (nSPS) is 20.5. The highest BCUT2D eigenvalue weighted by molar-refractivity contribution is 6.08. The third-order valence-electron chi connectivity index (χ3n) is 10.2. The first-order valence-corrected chi connectivity index (χ1v) is 16.4. The number of aliphatic imine (C=N–C) groups is 1. The Balaban J connectivity index is 1.31. The molecule has 8 rings (SSSR count). The summed E-state index contributed by atoms with van der Waals surface area (Å²) in [4.78, 5) is 20.2. The second-order valence-electron chi connectivity index (χ2n) is 14.4. The van der Waals surface area contributed by atoms with Crippen molar-refractivity contribution in [3.05, 3.63) is 125 Å². The largest absolute Gasteiger partial charge is 0.464 e. The van der Waals surface area contributed by atoms with Crippen molar-refractivity contribution >= 4 is 33.9 Å². The Morgan fingerprint density at radius 1 is 0.851 bits per heavy atom. The lowest BCUT2D eigenvalue weighted by Gasteiger charge is -2.37. The van der Waals surface area contributed by atoms with Gasteiger partial charge in [-0.05, 0) is 81.0 Å². The molecule has 0 saturated carbocycles. The zero-order valence-electron chi connectivity index (χ0n) is 28.1. The van der Waals surface area contributed by atoms with Gasteiger partial charge in [0.2, 0.25) is 5.90 Å². The molecule has 2 aliphatic rings. The smallest absolute Gasteiger partial charge is 0.219 e. The second-order valence-corrected chi connectivity index (χ2v) is 14.4. The lowest BCUT2D eigenvalue weighted by Crippen LogP contribution is -2.43. The van der Waals surface area contributed by atoms with E-state index in [1.165, 1.54) is 11.1 Å². The van der Waals surface area contributed by atoms with Gasteiger partial charge < -0.3 is 9.30 Å². The van der Waals surface area contributed by atoms with Crippen molar-refractivity contribution in [1.29, 1.82) is 0 Å². The molecule has 0 saturated heterocycles. The summed E-state index contributed by atoms with van der Waals surface area (Å²) in [6.45, 7) is 15.2. The van der Waals surface area contributed by atoms with Gasteiger partial charge in [-0.15, -0.1) is 0 Å². The van der Waals surface area contributed by atoms with Gasteiger partial charge >= 0.3 is 0 Å². The van der Waals surface area contributed by atoms with Gasteiger partial charge in [0.05, 0.1) is 44.9 Å². The van der Waals surface area contributed by atoms with E-state index in [-0.39, 0.29) is 5.41 Å².